The third-order valence-corrected chi connectivity index (χ3v) is 6.94. The van der Waals surface area contributed by atoms with Crippen LogP contribution in [0.15, 0.2) is 48.7 Å². The minimum absolute atomic E-state index is 0.107. The van der Waals surface area contributed by atoms with Crippen LogP contribution in [0.3, 0.4) is 0 Å². The van der Waals surface area contributed by atoms with E-state index in [0.717, 1.165) is 21.6 Å². The lowest BCUT2D eigenvalue weighted by molar-refractivity contribution is 0.102. The van der Waals surface area contributed by atoms with Crippen molar-refractivity contribution in [2.75, 3.05) is 31.8 Å². The van der Waals surface area contributed by atoms with Crippen molar-refractivity contribution in [3.63, 3.8) is 0 Å². The predicted molar refractivity (Wildman–Crippen MR) is 156 cm³/mol. The molecular weight excluding hydrogens is 691 g/mol. The number of rotatable bonds is 8. The number of carbonyl (C=O) groups excluding carboxylic acids is 2. The molecule has 0 spiro atoms. The SMILES string of the molecule is COc1cc(CI)cc(C(=O)Nc2ccc(CI)cn2)c1NC(=O)c1ccc(C(=N)N(C)C)cc1F. The zero-order chi connectivity index (χ0) is 26.4. The summed E-state index contributed by atoms with van der Waals surface area (Å²) in [6.07, 6.45) is 1.68. The number of alkyl halides is 2. The van der Waals surface area contributed by atoms with Crippen LogP contribution < -0.4 is 15.4 Å². The lowest BCUT2D eigenvalue weighted by Crippen LogP contribution is -2.23. The minimum Gasteiger partial charge on any atom is -0.495 e. The summed E-state index contributed by atoms with van der Waals surface area (Å²) in [7, 11) is 4.77. The fraction of sp³-hybridized carbons (Fsp3) is 0.200. The summed E-state index contributed by atoms with van der Waals surface area (Å²) < 4.78 is 21.7. The molecule has 0 unspecified atom stereocenters. The van der Waals surface area contributed by atoms with Gasteiger partial charge in [-0.25, -0.2) is 9.37 Å². The fourth-order valence-corrected chi connectivity index (χ4v) is 4.16. The van der Waals surface area contributed by atoms with E-state index >= 15 is 0 Å². The summed E-state index contributed by atoms with van der Waals surface area (Å²) in [5.74, 6) is -1.31. The Morgan fingerprint density at radius 2 is 1.69 bits per heavy atom. The second-order valence-electron chi connectivity index (χ2n) is 7.89. The third-order valence-electron chi connectivity index (χ3n) is 5.17. The predicted octanol–water partition coefficient (Wildman–Crippen LogP) is 5.49. The topological polar surface area (TPSA) is 107 Å². The zero-order valence-corrected chi connectivity index (χ0v) is 24.1. The van der Waals surface area contributed by atoms with Gasteiger partial charge in [0.25, 0.3) is 11.8 Å². The van der Waals surface area contributed by atoms with Gasteiger partial charge in [-0.15, -0.1) is 0 Å². The molecule has 0 saturated carbocycles. The Bertz CT molecular complexity index is 1300. The summed E-state index contributed by atoms with van der Waals surface area (Å²) in [5.41, 5.74) is 2.19. The Hall–Kier alpha value is -2.81. The van der Waals surface area contributed by atoms with E-state index in [1.165, 1.54) is 24.1 Å². The Balaban J connectivity index is 1.96. The first-order chi connectivity index (χ1) is 17.2. The number of benzene rings is 2. The second-order valence-corrected chi connectivity index (χ2v) is 9.41. The second kappa shape index (κ2) is 12.4. The summed E-state index contributed by atoms with van der Waals surface area (Å²) >= 11 is 4.39. The number of amides is 2. The number of hydrogen-bond acceptors (Lipinski definition) is 5. The number of halogens is 3. The molecular formula is C25H24FI2N5O3. The number of methoxy groups -OCH3 is 1. The van der Waals surface area contributed by atoms with Gasteiger partial charge in [-0.3, -0.25) is 15.0 Å². The van der Waals surface area contributed by atoms with E-state index in [9.17, 15) is 14.0 Å². The van der Waals surface area contributed by atoms with E-state index in [1.807, 2.05) is 6.07 Å². The lowest BCUT2D eigenvalue weighted by atomic mass is 10.1. The number of hydrogen-bond donors (Lipinski definition) is 3. The molecule has 3 rings (SSSR count). The van der Waals surface area contributed by atoms with Crippen molar-refractivity contribution < 1.29 is 18.7 Å². The molecule has 3 aromatic rings. The van der Waals surface area contributed by atoms with Gasteiger partial charge in [0, 0.05) is 34.7 Å². The third kappa shape index (κ3) is 6.49. The minimum atomic E-state index is -0.787. The average molecular weight is 715 g/mol. The van der Waals surface area contributed by atoms with Gasteiger partial charge in [0.2, 0.25) is 0 Å². The molecule has 0 bridgehead atoms. The summed E-state index contributed by atoms with van der Waals surface area (Å²) in [4.78, 5) is 32.1. The quantitative estimate of drug-likeness (QED) is 0.124. The molecule has 0 aliphatic carbocycles. The summed E-state index contributed by atoms with van der Waals surface area (Å²) in [6, 6.07) is 10.9. The molecule has 11 heteroatoms. The van der Waals surface area contributed by atoms with Gasteiger partial charge in [-0.2, -0.15) is 0 Å². The number of aromatic nitrogens is 1. The lowest BCUT2D eigenvalue weighted by Gasteiger charge is -2.17. The molecule has 0 atom stereocenters. The molecule has 1 aromatic heterocycles. The van der Waals surface area contributed by atoms with Crippen LogP contribution in [0.4, 0.5) is 15.9 Å². The molecule has 2 amide bonds. The molecule has 0 radical (unpaired) electrons. The highest BCUT2D eigenvalue weighted by Crippen LogP contribution is 2.33. The number of nitrogens with one attached hydrogen (secondary N) is 3. The molecule has 8 nitrogen and oxygen atoms in total. The molecule has 0 saturated heterocycles. The Kier molecular flexibility index (Phi) is 9.59. The van der Waals surface area contributed by atoms with Crippen molar-refractivity contribution >= 4 is 74.3 Å². The van der Waals surface area contributed by atoms with Gasteiger partial charge in [0.15, 0.2) is 0 Å². The first-order valence-electron chi connectivity index (χ1n) is 10.6. The van der Waals surface area contributed by atoms with Crippen LogP contribution >= 0.6 is 45.2 Å². The number of ether oxygens (including phenoxy) is 1. The van der Waals surface area contributed by atoms with E-state index in [1.54, 1.807) is 38.5 Å². The number of pyridine rings is 1. The van der Waals surface area contributed by atoms with E-state index in [-0.39, 0.29) is 28.4 Å². The van der Waals surface area contributed by atoms with Gasteiger partial charge in [0.05, 0.1) is 23.9 Å². The van der Waals surface area contributed by atoms with E-state index in [4.69, 9.17) is 10.1 Å². The van der Waals surface area contributed by atoms with Crippen molar-refractivity contribution in [3.8, 4) is 5.75 Å². The molecule has 188 valence electrons. The van der Waals surface area contributed by atoms with Crippen molar-refractivity contribution in [2.45, 2.75) is 8.86 Å². The fourth-order valence-electron chi connectivity index (χ4n) is 3.27. The van der Waals surface area contributed by atoms with Crippen molar-refractivity contribution in [2.24, 2.45) is 0 Å². The van der Waals surface area contributed by atoms with Crippen LogP contribution in [0.2, 0.25) is 0 Å². The molecule has 0 fully saturated rings. The van der Waals surface area contributed by atoms with Crippen LogP contribution in [0, 0.1) is 11.2 Å². The van der Waals surface area contributed by atoms with Crippen molar-refractivity contribution in [1.82, 2.24) is 9.88 Å². The van der Waals surface area contributed by atoms with Crippen LogP contribution in [0.1, 0.15) is 37.4 Å². The highest BCUT2D eigenvalue weighted by atomic mass is 127. The maximum atomic E-state index is 14.8. The van der Waals surface area contributed by atoms with Gasteiger partial charge in [-0.1, -0.05) is 57.3 Å². The van der Waals surface area contributed by atoms with Crippen LogP contribution in [0.25, 0.3) is 0 Å². The summed E-state index contributed by atoms with van der Waals surface area (Å²) in [5, 5.41) is 13.4. The molecule has 3 N–H and O–H groups in total. The number of amidine groups is 1. The standard InChI is InChI=1S/C25H24FI2N5O3/c1-33(2)23(29)16-5-6-17(19(26)10-16)24(34)32-22-18(8-15(12-28)9-20(22)36-3)25(35)31-21-7-4-14(11-27)13-30-21/h4-10,13,29H,11-12H2,1-3H3,(H,32,34)(H,30,31,35). The Labute approximate surface area is 235 Å². The van der Waals surface area contributed by atoms with Gasteiger partial charge < -0.3 is 20.3 Å². The number of nitrogens with zero attached hydrogens (tertiary/aromatic N) is 2. The highest BCUT2D eigenvalue weighted by molar-refractivity contribution is 14.1. The highest BCUT2D eigenvalue weighted by Gasteiger charge is 2.22. The smallest absolute Gasteiger partial charge is 0.259 e. The van der Waals surface area contributed by atoms with Crippen molar-refractivity contribution in [1.29, 1.82) is 5.41 Å². The Morgan fingerprint density at radius 3 is 2.25 bits per heavy atom. The summed E-state index contributed by atoms with van der Waals surface area (Å²) in [6.45, 7) is 0. The zero-order valence-electron chi connectivity index (χ0n) is 19.8. The van der Waals surface area contributed by atoms with E-state index in [0.29, 0.717) is 15.8 Å². The molecule has 36 heavy (non-hydrogen) atoms. The van der Waals surface area contributed by atoms with Crippen LogP contribution in [-0.2, 0) is 8.86 Å². The first-order valence-corrected chi connectivity index (χ1v) is 13.7. The average Bonchev–Trinajstić information content (AvgIpc) is 2.88. The monoisotopic (exact) mass is 715 g/mol. The van der Waals surface area contributed by atoms with Gasteiger partial charge >= 0.3 is 0 Å². The van der Waals surface area contributed by atoms with E-state index in [2.05, 4.69) is 60.8 Å². The largest absolute Gasteiger partial charge is 0.495 e. The van der Waals surface area contributed by atoms with Crippen LogP contribution in [0.5, 0.6) is 5.75 Å². The number of anilines is 2. The maximum Gasteiger partial charge on any atom is 0.259 e. The van der Waals surface area contributed by atoms with Gasteiger partial charge in [0.1, 0.15) is 23.2 Å². The molecule has 0 aliphatic heterocycles. The molecule has 1 heterocycles. The van der Waals surface area contributed by atoms with Crippen LogP contribution in [-0.4, -0.2) is 48.7 Å². The maximum absolute atomic E-state index is 14.8. The molecule has 0 aliphatic rings. The first kappa shape index (κ1) is 27.8. The number of carbonyl (C=O) groups is 2. The Morgan fingerprint density at radius 1 is 1.00 bits per heavy atom. The van der Waals surface area contributed by atoms with E-state index < -0.39 is 17.6 Å². The molecule has 2 aromatic carbocycles. The van der Waals surface area contributed by atoms with Crippen molar-refractivity contribution in [3.05, 3.63) is 82.3 Å². The van der Waals surface area contributed by atoms with Gasteiger partial charge in [-0.05, 0) is 41.5 Å². The normalized spacial score (nSPS) is 10.5.